The highest BCUT2D eigenvalue weighted by Crippen LogP contribution is 2.29. The lowest BCUT2D eigenvalue weighted by Crippen LogP contribution is -2.31. The molecule has 0 bridgehead atoms. The fraction of sp³-hybridized carbons (Fsp3) is 0.111. The van der Waals surface area contributed by atoms with Gasteiger partial charge in [0.2, 0.25) is 0 Å². The van der Waals surface area contributed by atoms with Crippen LogP contribution >= 0.6 is 11.8 Å². The number of carbonyl (C=O) groups is 1. The number of hydrogen-bond donors (Lipinski definition) is 1. The minimum atomic E-state index is -0.438. The second kappa shape index (κ2) is 3.71. The molecule has 1 aliphatic heterocycles. The molecule has 1 aliphatic rings. The van der Waals surface area contributed by atoms with Crippen LogP contribution in [0.5, 0.6) is 0 Å². The van der Waals surface area contributed by atoms with E-state index < -0.39 is 6.03 Å². The van der Waals surface area contributed by atoms with E-state index in [0.717, 1.165) is 11.4 Å². The molecule has 72 valence electrons. The van der Waals surface area contributed by atoms with Crippen LogP contribution in [-0.2, 0) is 0 Å². The number of hydrogen-bond acceptors (Lipinski definition) is 3. The van der Waals surface area contributed by atoms with Gasteiger partial charge in [-0.1, -0.05) is 6.07 Å². The van der Waals surface area contributed by atoms with Crippen molar-refractivity contribution in [2.45, 2.75) is 0 Å². The van der Waals surface area contributed by atoms with Crippen molar-refractivity contribution in [3.8, 4) is 0 Å². The van der Waals surface area contributed by atoms with Crippen LogP contribution in [0.15, 0.2) is 29.8 Å². The summed E-state index contributed by atoms with van der Waals surface area (Å²) in [5, 5.41) is 1.90. The first-order valence-electron chi connectivity index (χ1n) is 4.09. The van der Waals surface area contributed by atoms with Crippen molar-refractivity contribution in [1.29, 1.82) is 0 Å². The third kappa shape index (κ3) is 1.58. The van der Waals surface area contributed by atoms with Crippen LogP contribution in [0.3, 0.4) is 0 Å². The molecule has 4 nitrogen and oxygen atoms in total. The Labute approximate surface area is 85.8 Å². The van der Waals surface area contributed by atoms with Gasteiger partial charge in [-0.05, 0) is 17.5 Å². The molecule has 2 N–H and O–H groups in total. The van der Waals surface area contributed by atoms with Crippen molar-refractivity contribution in [3.05, 3.63) is 35.5 Å². The zero-order valence-corrected chi connectivity index (χ0v) is 8.20. The van der Waals surface area contributed by atoms with Crippen molar-refractivity contribution in [2.75, 3.05) is 5.88 Å². The Balaban J connectivity index is 2.31. The standard InChI is InChI=1S/C9H9N3OS/c10-9(13)12-6-14-5-8(12)7-3-1-2-4-11-7/h1-5H,6H2,(H2,10,13). The normalized spacial score (nSPS) is 15.4. The van der Waals surface area contributed by atoms with E-state index in [1.54, 1.807) is 6.20 Å². The molecule has 5 heteroatoms. The van der Waals surface area contributed by atoms with Gasteiger partial charge < -0.3 is 5.73 Å². The maximum absolute atomic E-state index is 11.1. The van der Waals surface area contributed by atoms with E-state index in [9.17, 15) is 4.79 Å². The zero-order chi connectivity index (χ0) is 9.97. The third-order valence-electron chi connectivity index (χ3n) is 1.88. The Hall–Kier alpha value is -1.49. The lowest BCUT2D eigenvalue weighted by molar-refractivity contribution is 0.232. The van der Waals surface area contributed by atoms with Crippen molar-refractivity contribution < 1.29 is 4.79 Å². The van der Waals surface area contributed by atoms with E-state index in [-0.39, 0.29) is 0 Å². The SMILES string of the molecule is NC(=O)N1CSC=C1c1ccccn1. The largest absolute Gasteiger partial charge is 0.351 e. The summed E-state index contributed by atoms with van der Waals surface area (Å²) in [5.41, 5.74) is 6.79. The molecule has 0 fully saturated rings. The number of pyridine rings is 1. The average molecular weight is 207 g/mol. The lowest BCUT2D eigenvalue weighted by atomic mass is 10.3. The Bertz CT molecular complexity index is 377. The summed E-state index contributed by atoms with van der Waals surface area (Å²) in [4.78, 5) is 16.7. The first-order valence-corrected chi connectivity index (χ1v) is 5.14. The molecule has 0 aromatic carbocycles. The van der Waals surface area contributed by atoms with Crippen LogP contribution in [0.2, 0.25) is 0 Å². The average Bonchev–Trinajstić information content (AvgIpc) is 2.67. The number of nitrogens with zero attached hydrogens (tertiary/aromatic N) is 2. The van der Waals surface area contributed by atoms with E-state index in [1.807, 2.05) is 23.6 Å². The highest BCUT2D eigenvalue weighted by Gasteiger charge is 2.21. The maximum Gasteiger partial charge on any atom is 0.320 e. The summed E-state index contributed by atoms with van der Waals surface area (Å²) in [7, 11) is 0. The lowest BCUT2D eigenvalue weighted by Gasteiger charge is -2.15. The molecule has 2 rings (SSSR count). The van der Waals surface area contributed by atoms with Crippen molar-refractivity contribution >= 4 is 23.5 Å². The summed E-state index contributed by atoms with van der Waals surface area (Å²) >= 11 is 1.54. The van der Waals surface area contributed by atoms with Gasteiger partial charge in [0.05, 0.1) is 17.3 Å². The first kappa shape index (κ1) is 9.08. The molecule has 0 atom stereocenters. The van der Waals surface area contributed by atoms with Crippen LogP contribution < -0.4 is 5.73 Å². The molecule has 0 aliphatic carbocycles. The number of amides is 2. The second-order valence-corrected chi connectivity index (χ2v) is 3.61. The Morgan fingerprint density at radius 3 is 3.07 bits per heavy atom. The molecule has 0 saturated heterocycles. The minimum absolute atomic E-state index is 0.438. The van der Waals surface area contributed by atoms with Gasteiger partial charge in [-0.2, -0.15) is 0 Å². The number of urea groups is 1. The molecule has 0 radical (unpaired) electrons. The van der Waals surface area contributed by atoms with Gasteiger partial charge in [0.1, 0.15) is 0 Å². The van der Waals surface area contributed by atoms with Gasteiger partial charge in [0.25, 0.3) is 0 Å². The highest BCUT2D eigenvalue weighted by atomic mass is 32.2. The fourth-order valence-corrected chi connectivity index (χ4v) is 2.11. The molecule has 1 aromatic rings. The van der Waals surface area contributed by atoms with Crippen molar-refractivity contribution in [2.24, 2.45) is 5.73 Å². The van der Waals surface area contributed by atoms with Gasteiger partial charge in [-0.25, -0.2) is 4.79 Å². The summed E-state index contributed by atoms with van der Waals surface area (Å²) in [6.45, 7) is 0. The number of aromatic nitrogens is 1. The Kier molecular flexibility index (Phi) is 2.41. The van der Waals surface area contributed by atoms with Crippen LogP contribution in [0.4, 0.5) is 4.79 Å². The highest BCUT2D eigenvalue weighted by molar-refractivity contribution is 8.02. The summed E-state index contributed by atoms with van der Waals surface area (Å²) < 4.78 is 0. The Morgan fingerprint density at radius 2 is 2.43 bits per heavy atom. The van der Waals surface area contributed by atoms with Gasteiger partial charge in [0, 0.05) is 6.20 Å². The first-order chi connectivity index (χ1) is 6.79. The van der Waals surface area contributed by atoms with E-state index >= 15 is 0 Å². The molecule has 0 spiro atoms. The maximum atomic E-state index is 11.1. The molecule has 0 unspecified atom stereocenters. The number of nitrogens with two attached hydrogens (primary N) is 1. The van der Waals surface area contributed by atoms with Gasteiger partial charge in [0.15, 0.2) is 0 Å². The second-order valence-electron chi connectivity index (χ2n) is 2.78. The van der Waals surface area contributed by atoms with Crippen LogP contribution in [0.1, 0.15) is 5.69 Å². The number of carbonyl (C=O) groups excluding carboxylic acids is 1. The molecule has 2 amide bonds. The third-order valence-corrected chi connectivity index (χ3v) is 2.68. The molecule has 0 saturated carbocycles. The van der Waals surface area contributed by atoms with Crippen LogP contribution in [0, 0.1) is 0 Å². The molecule has 2 heterocycles. The summed E-state index contributed by atoms with van der Waals surface area (Å²) in [5.74, 6) is 0.571. The zero-order valence-electron chi connectivity index (χ0n) is 7.38. The van der Waals surface area contributed by atoms with Gasteiger partial charge >= 0.3 is 6.03 Å². The monoisotopic (exact) mass is 207 g/mol. The topological polar surface area (TPSA) is 59.2 Å². The molecule has 1 aromatic heterocycles. The van der Waals surface area contributed by atoms with E-state index in [1.165, 1.54) is 16.7 Å². The van der Waals surface area contributed by atoms with Crippen molar-refractivity contribution in [3.63, 3.8) is 0 Å². The van der Waals surface area contributed by atoms with Gasteiger partial charge in [-0.3, -0.25) is 9.88 Å². The number of thioether (sulfide) groups is 1. The number of rotatable bonds is 1. The minimum Gasteiger partial charge on any atom is -0.351 e. The van der Waals surface area contributed by atoms with E-state index in [2.05, 4.69) is 4.98 Å². The molecule has 14 heavy (non-hydrogen) atoms. The quantitative estimate of drug-likeness (QED) is 0.758. The van der Waals surface area contributed by atoms with E-state index in [4.69, 9.17) is 5.73 Å². The predicted octanol–water partition coefficient (Wildman–Crippen LogP) is 1.47. The Morgan fingerprint density at radius 1 is 1.57 bits per heavy atom. The summed E-state index contributed by atoms with van der Waals surface area (Å²) in [6, 6.07) is 5.13. The summed E-state index contributed by atoms with van der Waals surface area (Å²) in [6.07, 6.45) is 1.69. The smallest absolute Gasteiger partial charge is 0.320 e. The molecular weight excluding hydrogens is 198 g/mol. The van der Waals surface area contributed by atoms with Crippen LogP contribution in [0.25, 0.3) is 5.70 Å². The molecular formula is C9H9N3OS. The predicted molar refractivity (Wildman–Crippen MR) is 56.1 cm³/mol. The number of primary amides is 1. The fourth-order valence-electron chi connectivity index (χ4n) is 1.22. The van der Waals surface area contributed by atoms with E-state index in [0.29, 0.717) is 5.88 Å². The van der Waals surface area contributed by atoms with Crippen molar-refractivity contribution in [1.82, 2.24) is 9.88 Å². The van der Waals surface area contributed by atoms with Gasteiger partial charge in [-0.15, -0.1) is 11.8 Å². The van der Waals surface area contributed by atoms with Crippen LogP contribution in [-0.4, -0.2) is 21.8 Å².